The molecule has 0 amide bonds. The smallest absolute Gasteiger partial charge is 0.147 e. The van der Waals surface area contributed by atoms with Crippen LogP contribution in [-0.4, -0.2) is 57.0 Å². The summed E-state index contributed by atoms with van der Waals surface area (Å²) in [7, 11) is -2.81. The second kappa shape index (κ2) is 6.55. The Labute approximate surface area is 117 Å². The Hall–Kier alpha value is -0.130. The highest BCUT2D eigenvalue weighted by Crippen LogP contribution is 2.36. The van der Waals surface area contributed by atoms with E-state index < -0.39 is 9.84 Å². The molecule has 1 saturated heterocycles. The Morgan fingerprint density at radius 1 is 1.32 bits per heavy atom. The molecule has 112 valence electrons. The predicted octanol–water partition coefficient (Wildman–Crippen LogP) is 1.27. The van der Waals surface area contributed by atoms with Gasteiger partial charge in [-0.1, -0.05) is 13.3 Å². The molecule has 5 heteroatoms. The second-order valence-corrected chi connectivity index (χ2v) is 8.54. The zero-order valence-corrected chi connectivity index (χ0v) is 13.1. The molecule has 0 aromatic rings. The van der Waals surface area contributed by atoms with E-state index in [1.165, 1.54) is 31.9 Å². The molecule has 0 spiro atoms. The van der Waals surface area contributed by atoms with E-state index in [0.717, 1.165) is 32.0 Å². The lowest BCUT2D eigenvalue weighted by Crippen LogP contribution is -2.57. The van der Waals surface area contributed by atoms with Crippen molar-refractivity contribution in [2.24, 2.45) is 5.92 Å². The molecule has 1 aliphatic heterocycles. The largest absolute Gasteiger partial charge is 0.311 e. The van der Waals surface area contributed by atoms with Crippen LogP contribution in [0.15, 0.2) is 0 Å². The van der Waals surface area contributed by atoms with Gasteiger partial charge in [-0.05, 0) is 38.1 Å². The number of nitrogens with zero attached hydrogens (tertiary/aromatic N) is 1. The molecule has 1 aliphatic carbocycles. The summed E-state index contributed by atoms with van der Waals surface area (Å²) in [6, 6.07) is 1.24. The van der Waals surface area contributed by atoms with Crippen molar-refractivity contribution in [2.45, 2.75) is 51.1 Å². The van der Waals surface area contributed by atoms with E-state index in [-0.39, 0.29) is 0 Å². The number of hydrogen-bond acceptors (Lipinski definition) is 4. The van der Waals surface area contributed by atoms with E-state index >= 15 is 0 Å². The zero-order chi connectivity index (χ0) is 13.9. The van der Waals surface area contributed by atoms with Gasteiger partial charge in [0, 0.05) is 31.4 Å². The molecule has 0 radical (unpaired) electrons. The van der Waals surface area contributed by atoms with Crippen LogP contribution in [0, 0.1) is 5.92 Å². The molecule has 2 fully saturated rings. The third-order valence-corrected chi connectivity index (χ3v) is 5.33. The van der Waals surface area contributed by atoms with Crippen LogP contribution in [0.1, 0.15) is 39.0 Å². The third kappa shape index (κ3) is 5.04. The molecule has 2 atom stereocenters. The maximum absolute atomic E-state index is 11.2. The zero-order valence-electron chi connectivity index (χ0n) is 12.3. The molecule has 1 N–H and O–H groups in total. The van der Waals surface area contributed by atoms with Gasteiger partial charge >= 0.3 is 0 Å². The Balaban J connectivity index is 1.84. The van der Waals surface area contributed by atoms with E-state index in [2.05, 4.69) is 17.1 Å². The van der Waals surface area contributed by atoms with Crippen molar-refractivity contribution < 1.29 is 8.42 Å². The van der Waals surface area contributed by atoms with E-state index in [1.54, 1.807) is 0 Å². The number of sulfone groups is 1. The van der Waals surface area contributed by atoms with Gasteiger partial charge in [-0.2, -0.15) is 0 Å². The lowest BCUT2D eigenvalue weighted by molar-refractivity contribution is 0.112. The summed E-state index contributed by atoms with van der Waals surface area (Å²) in [5.41, 5.74) is 0. The van der Waals surface area contributed by atoms with Gasteiger partial charge in [0.1, 0.15) is 9.84 Å². The lowest BCUT2D eigenvalue weighted by atomic mass is 10.0. The summed E-state index contributed by atoms with van der Waals surface area (Å²) in [6.45, 7) is 5.35. The van der Waals surface area contributed by atoms with Crippen LogP contribution in [0.4, 0.5) is 0 Å². The molecule has 2 unspecified atom stereocenters. The lowest BCUT2D eigenvalue weighted by Gasteiger charge is -2.41. The van der Waals surface area contributed by atoms with Gasteiger partial charge in [-0.15, -0.1) is 0 Å². The van der Waals surface area contributed by atoms with E-state index in [0.29, 0.717) is 17.8 Å². The number of hydrogen-bond donors (Lipinski definition) is 1. The molecule has 0 aromatic carbocycles. The number of piperazine rings is 1. The van der Waals surface area contributed by atoms with Gasteiger partial charge in [0.2, 0.25) is 0 Å². The summed E-state index contributed by atoms with van der Waals surface area (Å²) >= 11 is 0. The topological polar surface area (TPSA) is 49.4 Å². The second-order valence-electron chi connectivity index (χ2n) is 6.28. The van der Waals surface area contributed by atoms with Gasteiger partial charge in [-0.25, -0.2) is 8.42 Å². The fourth-order valence-corrected chi connectivity index (χ4v) is 3.83. The van der Waals surface area contributed by atoms with Gasteiger partial charge in [0.25, 0.3) is 0 Å². The van der Waals surface area contributed by atoms with Crippen LogP contribution < -0.4 is 5.32 Å². The average molecular weight is 288 g/mol. The molecule has 4 nitrogen and oxygen atoms in total. The molecule has 1 saturated carbocycles. The van der Waals surface area contributed by atoms with Crippen LogP contribution in [-0.2, 0) is 9.84 Å². The first-order chi connectivity index (χ1) is 8.99. The first-order valence-corrected chi connectivity index (χ1v) is 9.71. The summed E-state index contributed by atoms with van der Waals surface area (Å²) < 4.78 is 22.5. The van der Waals surface area contributed by atoms with Crippen LogP contribution in [0.5, 0.6) is 0 Å². The SMILES string of the molecule is CCCC1CN(CCCS(C)(=O)=O)C(C2CC2)CN1. The first-order valence-electron chi connectivity index (χ1n) is 7.64. The number of rotatable bonds is 7. The normalized spacial score (nSPS) is 29.6. The van der Waals surface area contributed by atoms with Gasteiger partial charge in [0.15, 0.2) is 0 Å². The monoisotopic (exact) mass is 288 g/mol. The summed E-state index contributed by atoms with van der Waals surface area (Å²) in [4.78, 5) is 2.56. The minimum atomic E-state index is -2.81. The number of nitrogens with one attached hydrogen (secondary N) is 1. The van der Waals surface area contributed by atoms with E-state index in [1.807, 2.05) is 0 Å². The van der Waals surface area contributed by atoms with E-state index in [4.69, 9.17) is 0 Å². The molecular formula is C14H28N2O2S. The summed E-state index contributed by atoms with van der Waals surface area (Å²) in [5.74, 6) is 1.18. The third-order valence-electron chi connectivity index (χ3n) is 4.30. The molecule has 2 rings (SSSR count). The van der Waals surface area contributed by atoms with Crippen molar-refractivity contribution in [2.75, 3.05) is 31.6 Å². The minimum Gasteiger partial charge on any atom is -0.311 e. The van der Waals surface area contributed by atoms with Crippen molar-refractivity contribution in [3.05, 3.63) is 0 Å². The van der Waals surface area contributed by atoms with Crippen LogP contribution >= 0.6 is 0 Å². The van der Waals surface area contributed by atoms with Crippen LogP contribution in [0.3, 0.4) is 0 Å². The Morgan fingerprint density at radius 3 is 2.63 bits per heavy atom. The highest BCUT2D eigenvalue weighted by Gasteiger charge is 2.38. The van der Waals surface area contributed by atoms with Gasteiger partial charge < -0.3 is 5.32 Å². The highest BCUT2D eigenvalue weighted by atomic mass is 32.2. The minimum absolute atomic E-state index is 0.326. The van der Waals surface area contributed by atoms with Crippen molar-refractivity contribution in [3.63, 3.8) is 0 Å². The summed E-state index contributed by atoms with van der Waals surface area (Å²) in [6.07, 6.45) is 7.26. The fourth-order valence-electron chi connectivity index (χ4n) is 3.17. The molecule has 0 aromatic heterocycles. The van der Waals surface area contributed by atoms with Gasteiger partial charge in [-0.3, -0.25) is 4.90 Å². The maximum Gasteiger partial charge on any atom is 0.147 e. The maximum atomic E-state index is 11.2. The molecule has 1 heterocycles. The predicted molar refractivity (Wildman–Crippen MR) is 79.1 cm³/mol. The average Bonchev–Trinajstić information content (AvgIpc) is 3.12. The quantitative estimate of drug-likeness (QED) is 0.766. The highest BCUT2D eigenvalue weighted by molar-refractivity contribution is 7.90. The standard InChI is InChI=1S/C14H28N2O2S/c1-3-5-13-11-16(8-4-9-19(2,17)18)14(10-15-13)12-6-7-12/h12-15H,3-11H2,1-2H3. The molecule has 19 heavy (non-hydrogen) atoms. The Morgan fingerprint density at radius 2 is 2.05 bits per heavy atom. The Bertz CT molecular complexity index is 379. The first kappa shape index (κ1) is 15.3. The van der Waals surface area contributed by atoms with Gasteiger partial charge in [0.05, 0.1) is 5.75 Å². The fraction of sp³-hybridized carbons (Fsp3) is 1.00. The molecular weight excluding hydrogens is 260 g/mol. The summed E-state index contributed by atoms with van der Waals surface area (Å²) in [5, 5.41) is 3.67. The Kier molecular flexibility index (Phi) is 5.26. The van der Waals surface area contributed by atoms with Crippen LogP contribution in [0.25, 0.3) is 0 Å². The van der Waals surface area contributed by atoms with Crippen LogP contribution in [0.2, 0.25) is 0 Å². The molecule has 0 bridgehead atoms. The van der Waals surface area contributed by atoms with E-state index in [9.17, 15) is 8.42 Å². The van der Waals surface area contributed by atoms with Crippen molar-refractivity contribution in [1.82, 2.24) is 10.2 Å². The van der Waals surface area contributed by atoms with Crippen molar-refractivity contribution in [3.8, 4) is 0 Å². The van der Waals surface area contributed by atoms with Crippen molar-refractivity contribution >= 4 is 9.84 Å². The van der Waals surface area contributed by atoms with Crippen molar-refractivity contribution in [1.29, 1.82) is 0 Å². The molecule has 2 aliphatic rings.